The zero-order valence-electron chi connectivity index (χ0n) is 17.3. The first-order valence-corrected chi connectivity index (χ1v) is 10.2. The highest BCUT2D eigenvalue weighted by molar-refractivity contribution is 5.68. The van der Waals surface area contributed by atoms with E-state index >= 15 is 0 Å². The summed E-state index contributed by atoms with van der Waals surface area (Å²) in [4.78, 5) is 14.0. The van der Waals surface area contributed by atoms with Gasteiger partial charge in [0.15, 0.2) is 5.65 Å². The van der Waals surface area contributed by atoms with Crippen LogP contribution in [0, 0.1) is 0 Å². The van der Waals surface area contributed by atoms with Gasteiger partial charge >= 0.3 is 0 Å². The van der Waals surface area contributed by atoms with Crippen molar-refractivity contribution in [1.29, 1.82) is 0 Å². The number of fused-ring (bicyclic) bond motifs is 1. The molecular formula is C24H25N5O. The molecule has 0 unspecified atom stereocenters. The van der Waals surface area contributed by atoms with E-state index < -0.39 is 0 Å². The van der Waals surface area contributed by atoms with Crippen LogP contribution in [0.3, 0.4) is 0 Å². The molecule has 0 bridgehead atoms. The van der Waals surface area contributed by atoms with Crippen LogP contribution in [0.1, 0.15) is 0 Å². The fourth-order valence-electron chi connectivity index (χ4n) is 3.92. The number of ether oxygens (including phenoxy) is 1. The lowest BCUT2D eigenvalue weighted by Crippen LogP contribution is -2.44. The van der Waals surface area contributed by atoms with Crippen LogP contribution < -0.4 is 9.64 Å². The summed E-state index contributed by atoms with van der Waals surface area (Å²) in [6.07, 6.45) is 5.78. The standard InChI is InChI=1S/C24H25N5O/c1-27-11-13-28(14-12-27)20-7-3-18(4-8-20)22-17-29-23(15-26-24(29)16-25-22)19-5-9-21(30-2)10-6-19/h3-10,15-17H,11-14H2,1-2H3. The molecule has 152 valence electrons. The van der Waals surface area contributed by atoms with Gasteiger partial charge in [-0.1, -0.05) is 12.1 Å². The highest BCUT2D eigenvalue weighted by Crippen LogP contribution is 2.26. The molecule has 0 saturated carbocycles. The number of rotatable bonds is 4. The van der Waals surface area contributed by atoms with E-state index in [4.69, 9.17) is 4.74 Å². The average Bonchev–Trinajstić information content (AvgIpc) is 3.23. The molecule has 1 aliphatic rings. The molecule has 1 fully saturated rings. The molecular weight excluding hydrogens is 374 g/mol. The molecule has 6 heteroatoms. The predicted octanol–water partition coefficient (Wildman–Crippen LogP) is 3.82. The van der Waals surface area contributed by atoms with Gasteiger partial charge in [0.1, 0.15) is 5.75 Å². The predicted molar refractivity (Wildman–Crippen MR) is 120 cm³/mol. The largest absolute Gasteiger partial charge is 0.497 e. The van der Waals surface area contributed by atoms with Crippen molar-refractivity contribution in [3.05, 3.63) is 67.1 Å². The minimum atomic E-state index is 0.832. The number of piperazine rings is 1. The molecule has 4 aromatic rings. The van der Waals surface area contributed by atoms with E-state index in [0.717, 1.165) is 60.1 Å². The number of benzene rings is 2. The summed E-state index contributed by atoms with van der Waals surface area (Å²) in [6, 6.07) is 16.7. The van der Waals surface area contributed by atoms with Crippen LogP contribution in [0.4, 0.5) is 5.69 Å². The van der Waals surface area contributed by atoms with Crippen molar-refractivity contribution < 1.29 is 4.74 Å². The first kappa shape index (κ1) is 18.6. The van der Waals surface area contributed by atoms with Crippen LogP contribution in [-0.2, 0) is 0 Å². The number of nitrogens with zero attached hydrogens (tertiary/aromatic N) is 5. The Balaban J connectivity index is 1.44. The van der Waals surface area contributed by atoms with Gasteiger partial charge in [-0.2, -0.15) is 0 Å². The summed E-state index contributed by atoms with van der Waals surface area (Å²) in [5.74, 6) is 0.843. The summed E-state index contributed by atoms with van der Waals surface area (Å²) in [6.45, 7) is 4.35. The van der Waals surface area contributed by atoms with Crippen LogP contribution >= 0.6 is 0 Å². The topological polar surface area (TPSA) is 45.9 Å². The van der Waals surface area contributed by atoms with Gasteiger partial charge in [-0.15, -0.1) is 0 Å². The molecule has 0 amide bonds. The smallest absolute Gasteiger partial charge is 0.155 e. The first-order chi connectivity index (χ1) is 14.7. The fourth-order valence-corrected chi connectivity index (χ4v) is 3.92. The Morgan fingerprint density at radius 3 is 2.20 bits per heavy atom. The fraction of sp³-hybridized carbons (Fsp3) is 0.250. The SMILES string of the molecule is COc1ccc(-c2cnc3cnc(-c4ccc(N5CCN(C)CC5)cc4)cn23)cc1. The Hall–Kier alpha value is -3.38. The van der Waals surface area contributed by atoms with Crippen LogP contribution in [-0.4, -0.2) is 59.6 Å². The molecule has 0 radical (unpaired) electrons. The third-order valence-corrected chi connectivity index (χ3v) is 5.81. The Kier molecular flexibility index (Phi) is 4.85. The van der Waals surface area contributed by atoms with Gasteiger partial charge in [-0.05, 0) is 43.4 Å². The van der Waals surface area contributed by atoms with Gasteiger partial charge in [-0.25, -0.2) is 4.98 Å². The van der Waals surface area contributed by atoms with E-state index in [-0.39, 0.29) is 0 Å². The van der Waals surface area contributed by atoms with Gasteiger partial charge in [0.25, 0.3) is 0 Å². The summed E-state index contributed by atoms with van der Waals surface area (Å²) < 4.78 is 7.37. The summed E-state index contributed by atoms with van der Waals surface area (Å²) in [5, 5.41) is 0. The van der Waals surface area contributed by atoms with Crippen molar-refractivity contribution in [2.75, 3.05) is 45.2 Å². The lowest BCUT2D eigenvalue weighted by atomic mass is 10.1. The lowest BCUT2D eigenvalue weighted by molar-refractivity contribution is 0.313. The molecule has 0 N–H and O–H groups in total. The maximum Gasteiger partial charge on any atom is 0.155 e. The van der Waals surface area contributed by atoms with Gasteiger partial charge < -0.3 is 14.5 Å². The molecule has 0 spiro atoms. The van der Waals surface area contributed by atoms with E-state index in [9.17, 15) is 0 Å². The molecule has 3 heterocycles. The number of methoxy groups -OCH3 is 1. The summed E-state index contributed by atoms with van der Waals surface area (Å²) in [7, 11) is 3.86. The van der Waals surface area contributed by atoms with Crippen molar-refractivity contribution in [3.8, 4) is 28.3 Å². The van der Waals surface area contributed by atoms with E-state index in [1.807, 2.05) is 36.7 Å². The van der Waals surface area contributed by atoms with Crippen LogP contribution in [0.2, 0.25) is 0 Å². The molecule has 0 atom stereocenters. The van der Waals surface area contributed by atoms with Crippen LogP contribution in [0.15, 0.2) is 67.1 Å². The second kappa shape index (κ2) is 7.80. The van der Waals surface area contributed by atoms with E-state index in [1.54, 1.807) is 7.11 Å². The monoisotopic (exact) mass is 399 g/mol. The number of hydrogen-bond donors (Lipinski definition) is 0. The first-order valence-electron chi connectivity index (χ1n) is 10.2. The number of aromatic nitrogens is 3. The second-order valence-electron chi connectivity index (χ2n) is 7.71. The summed E-state index contributed by atoms with van der Waals surface area (Å²) in [5.41, 5.74) is 6.26. The van der Waals surface area contributed by atoms with E-state index in [0.29, 0.717) is 0 Å². The minimum Gasteiger partial charge on any atom is -0.497 e. The zero-order chi connectivity index (χ0) is 20.5. The third-order valence-electron chi connectivity index (χ3n) is 5.81. The number of likely N-dealkylation sites (N-methyl/N-ethyl adjacent to an activating group) is 1. The molecule has 30 heavy (non-hydrogen) atoms. The molecule has 2 aromatic heterocycles. The lowest BCUT2D eigenvalue weighted by Gasteiger charge is -2.34. The van der Waals surface area contributed by atoms with Crippen LogP contribution in [0.25, 0.3) is 28.2 Å². The van der Waals surface area contributed by atoms with E-state index in [1.165, 1.54) is 5.69 Å². The number of anilines is 1. The molecule has 2 aromatic carbocycles. The second-order valence-corrected chi connectivity index (χ2v) is 7.71. The zero-order valence-corrected chi connectivity index (χ0v) is 17.3. The molecule has 1 saturated heterocycles. The highest BCUT2D eigenvalue weighted by atomic mass is 16.5. The normalized spacial score (nSPS) is 14.9. The number of imidazole rings is 1. The average molecular weight is 399 g/mol. The Morgan fingerprint density at radius 2 is 1.50 bits per heavy atom. The Labute approximate surface area is 176 Å². The van der Waals surface area contributed by atoms with Crippen molar-refractivity contribution in [2.24, 2.45) is 0 Å². The molecule has 1 aliphatic heterocycles. The maximum absolute atomic E-state index is 5.27. The minimum absolute atomic E-state index is 0.832. The summed E-state index contributed by atoms with van der Waals surface area (Å²) >= 11 is 0. The highest BCUT2D eigenvalue weighted by Gasteiger charge is 2.14. The Bertz CT molecular complexity index is 1140. The van der Waals surface area contributed by atoms with Gasteiger partial charge in [-0.3, -0.25) is 9.38 Å². The van der Waals surface area contributed by atoms with Gasteiger partial charge in [0.05, 0.1) is 30.9 Å². The molecule has 6 nitrogen and oxygen atoms in total. The third kappa shape index (κ3) is 3.50. The van der Waals surface area contributed by atoms with E-state index in [2.05, 4.69) is 61.7 Å². The quantitative estimate of drug-likeness (QED) is 0.522. The van der Waals surface area contributed by atoms with Gasteiger partial charge in [0.2, 0.25) is 0 Å². The van der Waals surface area contributed by atoms with Crippen molar-refractivity contribution in [3.63, 3.8) is 0 Å². The van der Waals surface area contributed by atoms with Gasteiger partial charge in [0, 0.05) is 49.2 Å². The molecule has 5 rings (SSSR count). The van der Waals surface area contributed by atoms with Crippen molar-refractivity contribution in [2.45, 2.75) is 0 Å². The van der Waals surface area contributed by atoms with Crippen LogP contribution in [0.5, 0.6) is 5.75 Å². The number of hydrogen-bond acceptors (Lipinski definition) is 5. The maximum atomic E-state index is 5.27. The molecule has 0 aliphatic carbocycles. The van der Waals surface area contributed by atoms with Crippen molar-refractivity contribution >= 4 is 11.3 Å². The Morgan fingerprint density at radius 1 is 0.800 bits per heavy atom. The van der Waals surface area contributed by atoms with Crippen molar-refractivity contribution in [1.82, 2.24) is 19.3 Å².